The first-order valence-corrected chi connectivity index (χ1v) is 5.11. The lowest BCUT2D eigenvalue weighted by molar-refractivity contribution is -0.159. The lowest BCUT2D eigenvalue weighted by atomic mass is 10.0. The largest absolute Gasteiger partial charge is 0.420 e. The number of aliphatic hydroxyl groups is 1. The van der Waals surface area contributed by atoms with Crippen molar-refractivity contribution in [2.45, 2.75) is 9.58 Å². The van der Waals surface area contributed by atoms with Gasteiger partial charge in [-0.15, -0.1) is 0 Å². The zero-order valence-electron chi connectivity index (χ0n) is 7.21. The van der Waals surface area contributed by atoms with Gasteiger partial charge in [-0.25, -0.2) is 4.79 Å². The lowest BCUT2D eigenvalue weighted by Crippen LogP contribution is -2.40. The Hall–Kier alpha value is -0.480. The van der Waals surface area contributed by atoms with Crippen molar-refractivity contribution in [2.75, 3.05) is 0 Å². The van der Waals surface area contributed by atoms with E-state index >= 15 is 0 Å². The van der Waals surface area contributed by atoms with Crippen molar-refractivity contribution in [2.24, 2.45) is 0 Å². The Morgan fingerprint density at radius 1 is 1.27 bits per heavy atom. The summed E-state index contributed by atoms with van der Waals surface area (Å²) < 4.78 is 2.57. The summed E-state index contributed by atoms with van der Waals surface area (Å²) in [5.74, 6) is -2.93. The van der Waals surface area contributed by atoms with Crippen LogP contribution in [0.2, 0.25) is 0 Å². The lowest BCUT2D eigenvalue weighted by Gasteiger charge is -2.28. The third-order valence-corrected chi connectivity index (χ3v) is 2.91. The fourth-order valence-electron chi connectivity index (χ4n) is 1.41. The van der Waals surface area contributed by atoms with Crippen LogP contribution in [-0.2, 0) is 10.5 Å². The van der Waals surface area contributed by atoms with Crippen LogP contribution in [0, 0.1) is 0 Å². The molecular formula is C9H5Cl3O3. The zero-order valence-corrected chi connectivity index (χ0v) is 9.47. The van der Waals surface area contributed by atoms with Crippen LogP contribution in [0.4, 0.5) is 0 Å². The van der Waals surface area contributed by atoms with Crippen molar-refractivity contribution in [1.29, 1.82) is 0 Å². The molecule has 0 spiro atoms. The van der Waals surface area contributed by atoms with Gasteiger partial charge in [0, 0.05) is 5.56 Å². The molecule has 0 radical (unpaired) electrons. The number of cyclic esters (lactones) is 1. The minimum atomic E-state index is -2.22. The molecule has 0 aromatic heterocycles. The van der Waals surface area contributed by atoms with E-state index < -0.39 is 15.5 Å². The molecule has 1 aliphatic rings. The van der Waals surface area contributed by atoms with E-state index in [9.17, 15) is 9.90 Å². The van der Waals surface area contributed by atoms with Crippen LogP contribution >= 0.6 is 34.8 Å². The van der Waals surface area contributed by atoms with Crippen LogP contribution in [-0.4, -0.2) is 14.9 Å². The minimum Gasteiger partial charge on any atom is -0.420 e. The highest BCUT2D eigenvalue weighted by Crippen LogP contribution is 2.50. The van der Waals surface area contributed by atoms with E-state index in [1.54, 1.807) is 12.1 Å². The maximum absolute atomic E-state index is 11.4. The maximum atomic E-state index is 11.4. The smallest absolute Gasteiger partial charge is 0.341 e. The van der Waals surface area contributed by atoms with Crippen molar-refractivity contribution in [1.82, 2.24) is 0 Å². The number of ether oxygens (including phenoxy) is 1. The quantitative estimate of drug-likeness (QED) is 0.580. The molecule has 0 aliphatic carbocycles. The highest BCUT2D eigenvalue weighted by Gasteiger charge is 2.57. The van der Waals surface area contributed by atoms with Gasteiger partial charge < -0.3 is 9.84 Å². The Balaban J connectivity index is 2.63. The van der Waals surface area contributed by atoms with Crippen molar-refractivity contribution >= 4 is 40.8 Å². The van der Waals surface area contributed by atoms with E-state index in [0.29, 0.717) is 0 Å². The molecule has 1 N–H and O–H groups in total. The second-order valence-corrected chi connectivity index (χ2v) is 5.36. The number of benzene rings is 1. The van der Waals surface area contributed by atoms with E-state index in [-0.39, 0.29) is 11.1 Å². The van der Waals surface area contributed by atoms with Crippen LogP contribution in [0.15, 0.2) is 24.3 Å². The van der Waals surface area contributed by atoms with Gasteiger partial charge in [0.25, 0.3) is 9.58 Å². The van der Waals surface area contributed by atoms with Crippen molar-refractivity contribution in [3.8, 4) is 0 Å². The number of hydrogen-bond donors (Lipinski definition) is 1. The molecule has 1 unspecified atom stereocenters. The van der Waals surface area contributed by atoms with Gasteiger partial charge in [-0.05, 0) is 6.07 Å². The first-order chi connectivity index (χ1) is 6.86. The van der Waals surface area contributed by atoms with Crippen molar-refractivity contribution in [3.63, 3.8) is 0 Å². The summed E-state index contributed by atoms with van der Waals surface area (Å²) in [7, 11) is 0. The number of hydrogen-bond acceptors (Lipinski definition) is 3. The molecule has 15 heavy (non-hydrogen) atoms. The number of alkyl halides is 3. The SMILES string of the molecule is O=C1OC(O)(C(Cl)(Cl)Cl)c2ccccc21. The molecule has 80 valence electrons. The standard InChI is InChI=1S/C9H5Cl3O3/c10-9(11,12)8(14)6-4-2-1-3-5(6)7(13)15-8/h1-4,14H. The monoisotopic (exact) mass is 266 g/mol. The Morgan fingerprint density at radius 3 is 2.47 bits per heavy atom. The van der Waals surface area contributed by atoms with Crippen molar-refractivity contribution < 1.29 is 14.6 Å². The number of carbonyl (C=O) groups excluding carboxylic acids is 1. The molecule has 6 heteroatoms. The van der Waals surface area contributed by atoms with E-state index in [2.05, 4.69) is 0 Å². The Kier molecular flexibility index (Phi) is 2.39. The summed E-state index contributed by atoms with van der Waals surface area (Å²) in [5, 5.41) is 10.0. The number of rotatable bonds is 0. The first-order valence-electron chi connectivity index (χ1n) is 3.98. The van der Waals surface area contributed by atoms with Crippen molar-refractivity contribution in [3.05, 3.63) is 35.4 Å². The minimum absolute atomic E-state index is 0.162. The molecular weight excluding hydrogens is 262 g/mol. The molecule has 0 bridgehead atoms. The summed E-state index contributed by atoms with van der Waals surface area (Å²) in [6.07, 6.45) is 0. The summed E-state index contributed by atoms with van der Waals surface area (Å²) in [6.45, 7) is 0. The third kappa shape index (κ3) is 1.51. The fraction of sp³-hybridized carbons (Fsp3) is 0.222. The predicted molar refractivity (Wildman–Crippen MR) is 56.0 cm³/mol. The number of fused-ring (bicyclic) bond motifs is 1. The second-order valence-electron chi connectivity index (χ2n) is 3.08. The highest BCUT2D eigenvalue weighted by molar-refractivity contribution is 6.68. The topological polar surface area (TPSA) is 46.5 Å². The van der Waals surface area contributed by atoms with Gasteiger partial charge >= 0.3 is 5.97 Å². The second kappa shape index (κ2) is 3.25. The highest BCUT2D eigenvalue weighted by atomic mass is 35.6. The van der Waals surface area contributed by atoms with E-state index in [0.717, 1.165) is 0 Å². The fourth-order valence-corrected chi connectivity index (χ4v) is 1.83. The van der Waals surface area contributed by atoms with Crippen LogP contribution in [0.25, 0.3) is 0 Å². The summed E-state index contributed by atoms with van der Waals surface area (Å²) in [4.78, 5) is 11.4. The molecule has 3 nitrogen and oxygen atoms in total. The molecule has 1 atom stereocenters. The Labute approximate surface area is 100 Å². The number of carbonyl (C=O) groups is 1. The predicted octanol–water partition coefficient (Wildman–Crippen LogP) is 2.37. The van der Waals surface area contributed by atoms with Gasteiger partial charge in [-0.1, -0.05) is 53.0 Å². The zero-order chi connectivity index (χ0) is 11.3. The van der Waals surface area contributed by atoms with E-state index in [1.165, 1.54) is 12.1 Å². The van der Waals surface area contributed by atoms with Crippen LogP contribution in [0.1, 0.15) is 15.9 Å². The van der Waals surface area contributed by atoms with Gasteiger partial charge in [0.15, 0.2) is 0 Å². The molecule has 0 saturated carbocycles. The molecule has 1 aromatic rings. The maximum Gasteiger partial charge on any atom is 0.341 e. The summed E-state index contributed by atoms with van der Waals surface area (Å²) >= 11 is 16.7. The van der Waals surface area contributed by atoms with Crippen LogP contribution < -0.4 is 0 Å². The average Bonchev–Trinajstić information content (AvgIpc) is 2.41. The number of esters is 1. The molecule has 0 fully saturated rings. The Morgan fingerprint density at radius 2 is 1.87 bits per heavy atom. The van der Waals surface area contributed by atoms with Gasteiger partial charge in [0.1, 0.15) is 0 Å². The van der Waals surface area contributed by atoms with Gasteiger partial charge in [-0.3, -0.25) is 0 Å². The van der Waals surface area contributed by atoms with E-state index in [4.69, 9.17) is 39.5 Å². The molecule has 0 saturated heterocycles. The third-order valence-electron chi connectivity index (χ3n) is 2.14. The first kappa shape index (κ1) is 11.0. The molecule has 1 aromatic carbocycles. The van der Waals surface area contributed by atoms with E-state index in [1.807, 2.05) is 0 Å². The normalized spacial score (nSPS) is 24.9. The average molecular weight is 267 g/mol. The van der Waals surface area contributed by atoms with Gasteiger partial charge in [0.05, 0.1) is 5.56 Å². The van der Waals surface area contributed by atoms with Crippen LogP contribution in [0.5, 0.6) is 0 Å². The number of halogens is 3. The molecule has 1 aliphatic heterocycles. The van der Waals surface area contributed by atoms with Gasteiger partial charge in [-0.2, -0.15) is 0 Å². The summed E-state index contributed by atoms with van der Waals surface area (Å²) in [5.41, 5.74) is 0.362. The molecule has 2 rings (SSSR count). The van der Waals surface area contributed by atoms with Crippen LogP contribution in [0.3, 0.4) is 0 Å². The molecule has 0 amide bonds. The molecule has 1 heterocycles. The van der Waals surface area contributed by atoms with Gasteiger partial charge in [0.2, 0.25) is 0 Å². The summed E-state index contributed by atoms with van der Waals surface area (Å²) in [6, 6.07) is 6.21. The Bertz CT molecular complexity index is 427.